The number of hydrogen-bond acceptors (Lipinski definition) is 3. The molecule has 1 aliphatic carbocycles. The molecule has 0 bridgehead atoms. The maximum atomic E-state index is 12.8. The second-order valence-corrected chi connectivity index (χ2v) is 9.56. The molecule has 166 valence electrons. The summed E-state index contributed by atoms with van der Waals surface area (Å²) in [6.45, 7) is 12.5. The standard InChI is InChI=1S/C23H43N5O/c1-4-24-23(25-15-19(3)27-13-8-9-18(2)16-27)26-21-12-14-28(17-21)22(29)20-10-6-5-7-11-20/h18-21H,4-17H2,1-3H3,(H2,24,25,26). The Hall–Kier alpha value is -1.30. The van der Waals surface area contributed by atoms with Crippen LogP contribution in [0.15, 0.2) is 4.99 Å². The fourth-order valence-electron chi connectivity index (χ4n) is 5.16. The molecule has 3 unspecified atom stereocenters. The lowest BCUT2D eigenvalue weighted by Crippen LogP contribution is -2.47. The fraction of sp³-hybridized carbons (Fsp3) is 0.913. The van der Waals surface area contributed by atoms with Crippen molar-refractivity contribution in [1.29, 1.82) is 0 Å². The predicted octanol–water partition coefficient (Wildman–Crippen LogP) is 2.84. The van der Waals surface area contributed by atoms with Crippen LogP contribution in [-0.4, -0.2) is 73.0 Å². The van der Waals surface area contributed by atoms with Crippen LogP contribution in [0.3, 0.4) is 0 Å². The van der Waals surface area contributed by atoms with Gasteiger partial charge in [0.25, 0.3) is 0 Å². The third kappa shape index (κ3) is 6.59. The number of carbonyl (C=O) groups is 1. The van der Waals surface area contributed by atoms with E-state index in [-0.39, 0.29) is 5.92 Å². The van der Waals surface area contributed by atoms with Crippen molar-refractivity contribution in [2.24, 2.45) is 16.8 Å². The molecule has 2 N–H and O–H groups in total. The lowest BCUT2D eigenvalue weighted by molar-refractivity contribution is -0.135. The highest BCUT2D eigenvalue weighted by atomic mass is 16.2. The van der Waals surface area contributed by atoms with Crippen molar-refractivity contribution in [3.63, 3.8) is 0 Å². The number of carbonyl (C=O) groups excluding carboxylic acids is 1. The molecule has 3 atom stereocenters. The second kappa shape index (κ2) is 11.2. The van der Waals surface area contributed by atoms with Crippen molar-refractivity contribution in [3.05, 3.63) is 0 Å². The average molecular weight is 406 g/mol. The quantitative estimate of drug-likeness (QED) is 0.527. The monoisotopic (exact) mass is 405 g/mol. The van der Waals surface area contributed by atoms with Crippen LogP contribution in [0, 0.1) is 11.8 Å². The van der Waals surface area contributed by atoms with Gasteiger partial charge >= 0.3 is 0 Å². The van der Waals surface area contributed by atoms with E-state index in [1.807, 2.05) is 0 Å². The van der Waals surface area contributed by atoms with Crippen LogP contribution in [0.1, 0.15) is 72.1 Å². The number of hydrogen-bond donors (Lipinski definition) is 2. The smallest absolute Gasteiger partial charge is 0.225 e. The molecule has 6 heteroatoms. The van der Waals surface area contributed by atoms with Crippen LogP contribution in [0.4, 0.5) is 0 Å². The number of likely N-dealkylation sites (tertiary alicyclic amines) is 2. The highest BCUT2D eigenvalue weighted by molar-refractivity contribution is 5.81. The molecular formula is C23H43N5O. The molecule has 29 heavy (non-hydrogen) atoms. The van der Waals surface area contributed by atoms with Crippen molar-refractivity contribution < 1.29 is 4.79 Å². The summed E-state index contributed by atoms with van der Waals surface area (Å²) < 4.78 is 0. The van der Waals surface area contributed by atoms with Crippen molar-refractivity contribution in [2.75, 3.05) is 39.3 Å². The van der Waals surface area contributed by atoms with Crippen LogP contribution in [0.2, 0.25) is 0 Å². The summed E-state index contributed by atoms with van der Waals surface area (Å²) in [6, 6.07) is 0.784. The molecule has 6 nitrogen and oxygen atoms in total. The number of guanidine groups is 1. The molecule has 0 aromatic carbocycles. The molecule has 1 amide bonds. The minimum atomic E-state index is 0.275. The molecule has 1 saturated carbocycles. The molecule has 0 aromatic heterocycles. The first kappa shape index (κ1) is 22.4. The van der Waals surface area contributed by atoms with E-state index in [1.165, 1.54) is 45.2 Å². The minimum absolute atomic E-state index is 0.275. The molecular weight excluding hydrogens is 362 g/mol. The van der Waals surface area contributed by atoms with Gasteiger partial charge in [-0.05, 0) is 58.4 Å². The summed E-state index contributed by atoms with van der Waals surface area (Å²) in [5, 5.41) is 7.00. The van der Waals surface area contributed by atoms with Crippen molar-refractivity contribution in [3.8, 4) is 0 Å². The van der Waals surface area contributed by atoms with E-state index in [0.29, 0.717) is 18.0 Å². The van der Waals surface area contributed by atoms with Crippen molar-refractivity contribution in [1.82, 2.24) is 20.4 Å². The van der Waals surface area contributed by atoms with Gasteiger partial charge in [0.15, 0.2) is 5.96 Å². The van der Waals surface area contributed by atoms with Gasteiger partial charge in [0.2, 0.25) is 5.91 Å². The highest BCUT2D eigenvalue weighted by Crippen LogP contribution is 2.26. The Balaban J connectivity index is 1.48. The minimum Gasteiger partial charge on any atom is -0.357 e. The third-order valence-electron chi connectivity index (χ3n) is 6.96. The summed E-state index contributed by atoms with van der Waals surface area (Å²) >= 11 is 0. The summed E-state index contributed by atoms with van der Waals surface area (Å²) in [6.07, 6.45) is 9.59. The van der Waals surface area contributed by atoms with Crippen LogP contribution in [0.5, 0.6) is 0 Å². The molecule has 2 aliphatic heterocycles. The Morgan fingerprint density at radius 3 is 2.59 bits per heavy atom. The molecule has 0 aromatic rings. The van der Waals surface area contributed by atoms with Gasteiger partial charge < -0.3 is 15.5 Å². The Bertz CT molecular complexity index is 545. The lowest BCUT2D eigenvalue weighted by Gasteiger charge is -2.35. The van der Waals surface area contributed by atoms with Gasteiger partial charge in [0.05, 0.1) is 6.54 Å². The van der Waals surface area contributed by atoms with E-state index in [0.717, 1.165) is 57.3 Å². The average Bonchev–Trinajstić information content (AvgIpc) is 3.20. The Morgan fingerprint density at radius 2 is 1.86 bits per heavy atom. The van der Waals surface area contributed by atoms with E-state index in [4.69, 9.17) is 4.99 Å². The molecule has 3 aliphatic rings. The Morgan fingerprint density at radius 1 is 1.07 bits per heavy atom. The predicted molar refractivity (Wildman–Crippen MR) is 120 cm³/mol. The normalized spacial score (nSPS) is 28.4. The summed E-state index contributed by atoms with van der Waals surface area (Å²) in [4.78, 5) is 22.4. The number of aliphatic imine (C=N–C) groups is 1. The molecule has 0 spiro atoms. The first-order valence-corrected chi connectivity index (χ1v) is 12.1. The van der Waals surface area contributed by atoms with E-state index in [1.54, 1.807) is 0 Å². The topological polar surface area (TPSA) is 60.0 Å². The second-order valence-electron chi connectivity index (χ2n) is 9.56. The van der Waals surface area contributed by atoms with Gasteiger partial charge in [-0.2, -0.15) is 0 Å². The van der Waals surface area contributed by atoms with Crippen LogP contribution in [0.25, 0.3) is 0 Å². The number of piperidine rings is 1. The number of amides is 1. The maximum absolute atomic E-state index is 12.8. The fourth-order valence-corrected chi connectivity index (χ4v) is 5.16. The van der Waals surface area contributed by atoms with Gasteiger partial charge in [-0.15, -0.1) is 0 Å². The molecule has 2 heterocycles. The number of rotatable bonds is 6. The van der Waals surface area contributed by atoms with Gasteiger partial charge in [-0.25, -0.2) is 0 Å². The SMILES string of the molecule is CCNC(=NCC(C)N1CCCC(C)C1)NC1CCN(C(=O)C2CCCCC2)C1. The van der Waals surface area contributed by atoms with Crippen LogP contribution >= 0.6 is 0 Å². The molecule has 0 radical (unpaired) electrons. The van der Waals surface area contributed by atoms with E-state index in [2.05, 4.69) is 41.2 Å². The summed E-state index contributed by atoms with van der Waals surface area (Å²) in [7, 11) is 0. The van der Waals surface area contributed by atoms with Gasteiger partial charge in [0.1, 0.15) is 0 Å². The van der Waals surface area contributed by atoms with Gasteiger partial charge in [-0.1, -0.05) is 26.2 Å². The van der Waals surface area contributed by atoms with E-state index in [9.17, 15) is 4.79 Å². The van der Waals surface area contributed by atoms with Gasteiger partial charge in [0, 0.05) is 44.2 Å². The van der Waals surface area contributed by atoms with E-state index >= 15 is 0 Å². The van der Waals surface area contributed by atoms with Gasteiger partial charge in [-0.3, -0.25) is 14.7 Å². The zero-order valence-corrected chi connectivity index (χ0v) is 19.0. The summed E-state index contributed by atoms with van der Waals surface area (Å²) in [5.74, 6) is 2.37. The third-order valence-corrected chi connectivity index (χ3v) is 6.96. The molecule has 3 rings (SSSR count). The number of nitrogens with one attached hydrogen (secondary N) is 2. The lowest BCUT2D eigenvalue weighted by atomic mass is 9.88. The largest absolute Gasteiger partial charge is 0.357 e. The Labute approximate surface area is 177 Å². The highest BCUT2D eigenvalue weighted by Gasteiger charge is 2.31. The van der Waals surface area contributed by atoms with E-state index < -0.39 is 0 Å². The van der Waals surface area contributed by atoms with Crippen LogP contribution < -0.4 is 10.6 Å². The van der Waals surface area contributed by atoms with Crippen molar-refractivity contribution >= 4 is 11.9 Å². The zero-order chi connectivity index (χ0) is 20.6. The maximum Gasteiger partial charge on any atom is 0.225 e. The molecule has 2 saturated heterocycles. The number of nitrogens with zero attached hydrogens (tertiary/aromatic N) is 3. The first-order chi connectivity index (χ1) is 14.1. The van der Waals surface area contributed by atoms with Crippen LogP contribution in [-0.2, 0) is 4.79 Å². The molecule has 3 fully saturated rings. The first-order valence-electron chi connectivity index (χ1n) is 12.1. The summed E-state index contributed by atoms with van der Waals surface area (Å²) in [5.41, 5.74) is 0. The van der Waals surface area contributed by atoms with Crippen molar-refractivity contribution in [2.45, 2.75) is 84.2 Å². The Kier molecular flexibility index (Phi) is 8.64. The zero-order valence-electron chi connectivity index (χ0n) is 19.0.